The Balaban J connectivity index is 1.53. The highest BCUT2D eigenvalue weighted by Gasteiger charge is 2.33. The Labute approximate surface area is 188 Å². The van der Waals surface area contributed by atoms with Crippen molar-refractivity contribution in [1.82, 2.24) is 14.5 Å². The van der Waals surface area contributed by atoms with E-state index in [0.29, 0.717) is 43.0 Å². The van der Waals surface area contributed by atoms with Gasteiger partial charge in [-0.2, -0.15) is 4.31 Å². The number of benzene rings is 2. The molecule has 0 N–H and O–H groups in total. The van der Waals surface area contributed by atoms with E-state index in [-0.39, 0.29) is 10.8 Å². The van der Waals surface area contributed by atoms with Gasteiger partial charge in [0.1, 0.15) is 11.5 Å². The Kier molecular flexibility index (Phi) is 6.48. The number of sulfonamides is 1. The van der Waals surface area contributed by atoms with E-state index in [2.05, 4.69) is 10.2 Å². The zero-order valence-electron chi connectivity index (χ0n) is 18.4. The average Bonchev–Trinajstić information content (AvgIpc) is 3.31. The van der Waals surface area contributed by atoms with Gasteiger partial charge in [0.25, 0.3) is 0 Å². The normalized spacial score (nSPS) is 17.3. The molecule has 1 saturated heterocycles. The summed E-state index contributed by atoms with van der Waals surface area (Å²) in [5.41, 5.74) is 1.55. The molecule has 1 atom stereocenters. The van der Waals surface area contributed by atoms with Crippen LogP contribution in [0.2, 0.25) is 0 Å². The molecule has 0 unspecified atom stereocenters. The quantitative estimate of drug-likeness (QED) is 0.529. The predicted molar refractivity (Wildman–Crippen MR) is 119 cm³/mol. The Morgan fingerprint density at radius 3 is 2.78 bits per heavy atom. The molecule has 1 aliphatic rings. The fourth-order valence-corrected chi connectivity index (χ4v) is 5.49. The third kappa shape index (κ3) is 4.49. The lowest BCUT2D eigenvalue weighted by Gasteiger charge is -2.30. The topological polar surface area (TPSA) is 94.8 Å². The number of ether oxygens (including phenoxy) is 2. The van der Waals surface area contributed by atoms with Gasteiger partial charge in [-0.3, -0.25) is 0 Å². The molecular formula is C23H27N3O5S. The number of aromatic nitrogens is 2. The number of methoxy groups -OCH3 is 1. The summed E-state index contributed by atoms with van der Waals surface area (Å²) in [6.45, 7) is 5.04. The van der Waals surface area contributed by atoms with Crippen LogP contribution < -0.4 is 9.47 Å². The number of hydrogen-bond donors (Lipinski definition) is 0. The SMILES string of the molecule is CCOc1ccc(S(=O)(=O)N2CCC[C@@H](c3nnc(-c4cccc(OC)c4)o3)C2)cc1C. The maximum atomic E-state index is 13.3. The summed E-state index contributed by atoms with van der Waals surface area (Å²) in [5.74, 6) is 2.07. The van der Waals surface area contributed by atoms with Gasteiger partial charge < -0.3 is 13.9 Å². The number of nitrogens with zero attached hydrogens (tertiary/aromatic N) is 3. The van der Waals surface area contributed by atoms with E-state index >= 15 is 0 Å². The van der Waals surface area contributed by atoms with Gasteiger partial charge in [0.15, 0.2) is 0 Å². The lowest BCUT2D eigenvalue weighted by atomic mass is 10.00. The summed E-state index contributed by atoms with van der Waals surface area (Å²) in [7, 11) is -2.04. The molecule has 3 aromatic rings. The maximum absolute atomic E-state index is 13.3. The lowest BCUT2D eigenvalue weighted by molar-refractivity contribution is 0.286. The van der Waals surface area contributed by atoms with Gasteiger partial charge in [0, 0.05) is 18.7 Å². The molecule has 8 nitrogen and oxygen atoms in total. The molecular weight excluding hydrogens is 430 g/mol. The smallest absolute Gasteiger partial charge is 0.247 e. The summed E-state index contributed by atoms with van der Waals surface area (Å²) < 4.78 is 44.8. The number of piperidine rings is 1. The maximum Gasteiger partial charge on any atom is 0.247 e. The van der Waals surface area contributed by atoms with Crippen molar-refractivity contribution in [2.75, 3.05) is 26.8 Å². The monoisotopic (exact) mass is 457 g/mol. The van der Waals surface area contributed by atoms with E-state index < -0.39 is 10.0 Å². The highest BCUT2D eigenvalue weighted by Crippen LogP contribution is 2.32. The van der Waals surface area contributed by atoms with E-state index in [9.17, 15) is 8.42 Å². The van der Waals surface area contributed by atoms with Crippen molar-refractivity contribution < 1.29 is 22.3 Å². The molecule has 0 amide bonds. The van der Waals surface area contributed by atoms with E-state index in [1.54, 1.807) is 25.3 Å². The Morgan fingerprint density at radius 2 is 2.03 bits per heavy atom. The zero-order chi connectivity index (χ0) is 22.7. The van der Waals surface area contributed by atoms with Gasteiger partial charge in [-0.05, 0) is 68.7 Å². The summed E-state index contributed by atoms with van der Waals surface area (Å²) in [6, 6.07) is 12.4. The molecule has 9 heteroatoms. The minimum Gasteiger partial charge on any atom is -0.497 e. The zero-order valence-corrected chi connectivity index (χ0v) is 19.3. The van der Waals surface area contributed by atoms with E-state index in [4.69, 9.17) is 13.9 Å². The van der Waals surface area contributed by atoms with Crippen molar-refractivity contribution in [2.24, 2.45) is 0 Å². The fraction of sp³-hybridized carbons (Fsp3) is 0.391. The largest absolute Gasteiger partial charge is 0.497 e. The van der Waals surface area contributed by atoms with Crippen molar-refractivity contribution in [1.29, 1.82) is 0 Å². The first-order chi connectivity index (χ1) is 15.4. The van der Waals surface area contributed by atoms with Crippen LogP contribution in [0.3, 0.4) is 0 Å². The number of aryl methyl sites for hydroxylation is 1. The molecule has 4 rings (SSSR count). The van der Waals surface area contributed by atoms with Gasteiger partial charge in [-0.25, -0.2) is 8.42 Å². The molecule has 0 bridgehead atoms. The van der Waals surface area contributed by atoms with Crippen LogP contribution in [0, 0.1) is 6.92 Å². The molecule has 0 radical (unpaired) electrons. The second-order valence-corrected chi connectivity index (χ2v) is 9.68. The molecule has 1 fully saturated rings. The first-order valence-corrected chi connectivity index (χ1v) is 12.1. The summed E-state index contributed by atoms with van der Waals surface area (Å²) in [6.07, 6.45) is 1.50. The van der Waals surface area contributed by atoms with Gasteiger partial charge in [0.2, 0.25) is 21.8 Å². The van der Waals surface area contributed by atoms with Crippen LogP contribution in [-0.4, -0.2) is 49.7 Å². The second-order valence-electron chi connectivity index (χ2n) is 7.74. The van der Waals surface area contributed by atoms with Gasteiger partial charge >= 0.3 is 0 Å². The fourth-order valence-electron chi connectivity index (χ4n) is 3.88. The molecule has 0 spiro atoms. The molecule has 2 aromatic carbocycles. The van der Waals surface area contributed by atoms with Crippen LogP contribution in [0.15, 0.2) is 51.8 Å². The third-order valence-corrected chi connectivity index (χ3v) is 7.44. The lowest BCUT2D eigenvalue weighted by Crippen LogP contribution is -2.39. The average molecular weight is 458 g/mol. The van der Waals surface area contributed by atoms with Crippen LogP contribution in [0.1, 0.15) is 37.1 Å². The molecule has 170 valence electrons. The van der Waals surface area contributed by atoms with Crippen molar-refractivity contribution in [3.05, 3.63) is 53.9 Å². The van der Waals surface area contributed by atoms with Crippen LogP contribution in [-0.2, 0) is 10.0 Å². The van der Waals surface area contributed by atoms with Crippen LogP contribution >= 0.6 is 0 Å². The molecule has 2 heterocycles. The van der Waals surface area contributed by atoms with E-state index in [1.165, 1.54) is 4.31 Å². The van der Waals surface area contributed by atoms with Gasteiger partial charge in [-0.1, -0.05) is 6.07 Å². The number of hydrogen-bond acceptors (Lipinski definition) is 7. The molecule has 0 saturated carbocycles. The Morgan fingerprint density at radius 1 is 1.19 bits per heavy atom. The minimum atomic E-state index is -3.64. The van der Waals surface area contributed by atoms with Gasteiger partial charge in [-0.15, -0.1) is 10.2 Å². The van der Waals surface area contributed by atoms with Crippen molar-refractivity contribution >= 4 is 10.0 Å². The third-order valence-electron chi connectivity index (χ3n) is 5.57. The summed E-state index contributed by atoms with van der Waals surface area (Å²) in [4.78, 5) is 0.265. The van der Waals surface area contributed by atoms with E-state index in [0.717, 1.165) is 24.0 Å². The molecule has 1 aromatic heterocycles. The van der Waals surface area contributed by atoms with Crippen molar-refractivity contribution in [3.63, 3.8) is 0 Å². The summed E-state index contributed by atoms with van der Waals surface area (Å²) in [5, 5.41) is 8.38. The second kappa shape index (κ2) is 9.30. The predicted octanol–water partition coefficient (Wildman–Crippen LogP) is 4.02. The Bertz CT molecular complexity index is 1190. The van der Waals surface area contributed by atoms with Crippen LogP contribution in [0.4, 0.5) is 0 Å². The van der Waals surface area contributed by atoms with Crippen molar-refractivity contribution in [3.8, 4) is 23.0 Å². The first-order valence-electron chi connectivity index (χ1n) is 10.6. The minimum absolute atomic E-state index is 0.158. The standard InChI is InChI=1S/C23H27N3O5S/c1-4-30-21-11-10-20(13-16(21)2)32(27,28)26-12-6-8-18(15-26)23-25-24-22(31-23)17-7-5-9-19(14-17)29-3/h5,7,9-11,13-14,18H,4,6,8,12,15H2,1-3H3/t18-/m1/s1. The Hall–Kier alpha value is -2.91. The van der Waals surface area contributed by atoms with E-state index in [1.807, 2.05) is 38.1 Å². The number of rotatable bonds is 7. The summed E-state index contributed by atoms with van der Waals surface area (Å²) >= 11 is 0. The molecule has 32 heavy (non-hydrogen) atoms. The molecule has 1 aliphatic heterocycles. The van der Waals surface area contributed by atoms with Gasteiger partial charge in [0.05, 0.1) is 24.5 Å². The van der Waals surface area contributed by atoms with Crippen LogP contribution in [0.25, 0.3) is 11.5 Å². The van der Waals surface area contributed by atoms with Crippen LogP contribution in [0.5, 0.6) is 11.5 Å². The van der Waals surface area contributed by atoms with Crippen molar-refractivity contribution in [2.45, 2.75) is 37.5 Å². The highest BCUT2D eigenvalue weighted by atomic mass is 32.2. The first kappa shape index (κ1) is 22.3. The molecule has 0 aliphatic carbocycles. The highest BCUT2D eigenvalue weighted by molar-refractivity contribution is 7.89.